The monoisotopic (exact) mass is 438 g/mol. The molecule has 1 amide bonds. The van der Waals surface area contributed by atoms with E-state index < -0.39 is 0 Å². The molecule has 0 bridgehead atoms. The number of benzene rings is 2. The van der Waals surface area contributed by atoms with Crippen molar-refractivity contribution in [1.82, 2.24) is 20.3 Å². The van der Waals surface area contributed by atoms with Crippen LogP contribution in [0.25, 0.3) is 0 Å². The maximum absolute atomic E-state index is 11.8. The first-order valence-electron chi connectivity index (χ1n) is 9.96. The molecule has 2 heterocycles. The number of halogens is 1. The van der Waals surface area contributed by atoms with E-state index in [4.69, 9.17) is 16.3 Å². The van der Waals surface area contributed by atoms with Crippen molar-refractivity contribution in [2.24, 2.45) is 5.92 Å². The highest BCUT2D eigenvalue weighted by molar-refractivity contribution is 6.30. The smallest absolute Gasteiger partial charge is 0.251 e. The number of nitrogens with zero attached hydrogens (tertiary/aromatic N) is 4. The fourth-order valence-electron chi connectivity index (χ4n) is 3.27. The van der Waals surface area contributed by atoms with Crippen LogP contribution in [0.5, 0.6) is 0 Å². The fraction of sp³-hybridized carbons (Fsp3) is 0.273. The normalized spacial score (nSPS) is 13.5. The van der Waals surface area contributed by atoms with E-state index in [1.807, 2.05) is 30.3 Å². The molecule has 0 saturated carbocycles. The minimum Gasteiger partial charge on any atom is -0.376 e. The lowest BCUT2D eigenvalue weighted by atomic mass is 10.0. The second kappa shape index (κ2) is 9.72. The second-order valence-corrected chi connectivity index (χ2v) is 7.74. The Balaban J connectivity index is 1.27. The van der Waals surface area contributed by atoms with E-state index in [9.17, 15) is 4.79 Å². The van der Waals surface area contributed by atoms with E-state index in [1.165, 1.54) is 6.33 Å². The van der Waals surface area contributed by atoms with Gasteiger partial charge in [0.2, 0.25) is 11.9 Å². The summed E-state index contributed by atoms with van der Waals surface area (Å²) in [5.41, 5.74) is 2.40. The van der Waals surface area contributed by atoms with Gasteiger partial charge < -0.3 is 20.3 Å². The zero-order chi connectivity index (χ0) is 21.6. The lowest BCUT2D eigenvalue weighted by molar-refractivity contribution is 0.0769. The highest BCUT2D eigenvalue weighted by Crippen LogP contribution is 2.23. The average molecular weight is 439 g/mol. The van der Waals surface area contributed by atoms with Crippen LogP contribution >= 0.6 is 11.6 Å². The number of hydrogen-bond donors (Lipinski definition) is 2. The number of carbonyl (C=O) groups is 1. The van der Waals surface area contributed by atoms with Crippen molar-refractivity contribution in [2.45, 2.75) is 6.61 Å². The van der Waals surface area contributed by atoms with Crippen LogP contribution in [0.3, 0.4) is 0 Å². The van der Waals surface area contributed by atoms with Crippen molar-refractivity contribution >= 4 is 35.1 Å². The van der Waals surface area contributed by atoms with E-state index >= 15 is 0 Å². The zero-order valence-electron chi connectivity index (χ0n) is 17.1. The Hall–Kier alpha value is -3.23. The summed E-state index contributed by atoms with van der Waals surface area (Å²) < 4.78 is 5.82. The van der Waals surface area contributed by atoms with Crippen molar-refractivity contribution in [3.63, 3.8) is 0 Å². The molecule has 0 spiro atoms. The number of ether oxygens (including phenoxy) is 1. The molecule has 4 rings (SSSR count). The molecule has 0 aliphatic carbocycles. The van der Waals surface area contributed by atoms with Gasteiger partial charge in [-0.25, -0.2) is 9.97 Å². The summed E-state index contributed by atoms with van der Waals surface area (Å²) in [6.07, 6.45) is 1.48. The Morgan fingerprint density at radius 1 is 1.19 bits per heavy atom. The van der Waals surface area contributed by atoms with Gasteiger partial charge in [-0.05, 0) is 35.9 Å². The van der Waals surface area contributed by atoms with Crippen LogP contribution in [0, 0.1) is 5.92 Å². The predicted octanol–water partition coefficient (Wildman–Crippen LogP) is 3.28. The maximum Gasteiger partial charge on any atom is 0.251 e. The first-order chi connectivity index (χ1) is 15.1. The Bertz CT molecular complexity index is 1040. The fourth-order valence-corrected chi connectivity index (χ4v) is 3.40. The van der Waals surface area contributed by atoms with Crippen molar-refractivity contribution in [3.05, 3.63) is 71.0 Å². The molecule has 1 aromatic heterocycles. The van der Waals surface area contributed by atoms with Crippen LogP contribution < -0.4 is 15.5 Å². The third-order valence-corrected chi connectivity index (χ3v) is 5.19. The molecular formula is C22H23ClN6O2. The van der Waals surface area contributed by atoms with Crippen molar-refractivity contribution in [1.29, 1.82) is 0 Å². The van der Waals surface area contributed by atoms with Gasteiger partial charge in [-0.3, -0.25) is 4.79 Å². The summed E-state index contributed by atoms with van der Waals surface area (Å²) in [5.74, 6) is 1.34. The molecule has 2 aromatic carbocycles. The van der Waals surface area contributed by atoms with Crippen LogP contribution in [-0.2, 0) is 11.3 Å². The molecule has 8 nitrogen and oxygen atoms in total. The third kappa shape index (κ3) is 5.48. The number of anilines is 3. The number of carbonyl (C=O) groups excluding carboxylic acids is 1. The van der Waals surface area contributed by atoms with Gasteiger partial charge in [-0.1, -0.05) is 29.8 Å². The van der Waals surface area contributed by atoms with E-state index in [2.05, 4.69) is 30.5 Å². The molecule has 0 radical (unpaired) electrons. The average Bonchev–Trinajstić information content (AvgIpc) is 2.76. The van der Waals surface area contributed by atoms with E-state index in [0.717, 1.165) is 29.4 Å². The van der Waals surface area contributed by atoms with Gasteiger partial charge in [-0.2, -0.15) is 4.98 Å². The maximum atomic E-state index is 11.8. The molecule has 1 saturated heterocycles. The second-order valence-electron chi connectivity index (χ2n) is 7.31. The van der Waals surface area contributed by atoms with Crippen molar-refractivity contribution < 1.29 is 9.53 Å². The SMILES string of the molecule is CNC(=O)c1cccc(Nc2ncnc(N3CC(COCc4ccc(Cl)cc4)C3)n2)c1. The number of hydrogen-bond acceptors (Lipinski definition) is 7. The summed E-state index contributed by atoms with van der Waals surface area (Å²) >= 11 is 5.90. The summed E-state index contributed by atoms with van der Waals surface area (Å²) in [7, 11) is 1.60. The van der Waals surface area contributed by atoms with Crippen LogP contribution in [0.1, 0.15) is 15.9 Å². The van der Waals surface area contributed by atoms with Gasteiger partial charge in [0.05, 0.1) is 13.2 Å². The highest BCUT2D eigenvalue weighted by Gasteiger charge is 2.29. The largest absolute Gasteiger partial charge is 0.376 e. The number of aromatic nitrogens is 3. The molecule has 3 aromatic rings. The van der Waals surface area contributed by atoms with E-state index in [1.54, 1.807) is 25.2 Å². The zero-order valence-corrected chi connectivity index (χ0v) is 17.8. The van der Waals surface area contributed by atoms with Gasteiger partial charge in [0.15, 0.2) is 0 Å². The lowest BCUT2D eigenvalue weighted by Crippen LogP contribution is -2.49. The summed E-state index contributed by atoms with van der Waals surface area (Å²) in [6.45, 7) is 2.91. The third-order valence-electron chi connectivity index (χ3n) is 4.94. The van der Waals surface area contributed by atoms with Gasteiger partial charge in [0, 0.05) is 42.3 Å². The molecule has 2 N–H and O–H groups in total. The topological polar surface area (TPSA) is 92.3 Å². The molecule has 160 valence electrons. The molecule has 1 fully saturated rings. The number of rotatable bonds is 8. The van der Waals surface area contributed by atoms with E-state index in [-0.39, 0.29) is 5.91 Å². The summed E-state index contributed by atoms with van der Waals surface area (Å²) in [4.78, 5) is 26.8. The van der Waals surface area contributed by atoms with Crippen LogP contribution in [0.4, 0.5) is 17.6 Å². The van der Waals surface area contributed by atoms with Gasteiger partial charge >= 0.3 is 0 Å². The summed E-state index contributed by atoms with van der Waals surface area (Å²) in [6, 6.07) is 14.8. The molecule has 0 atom stereocenters. The minimum atomic E-state index is -0.148. The minimum absolute atomic E-state index is 0.148. The Morgan fingerprint density at radius 2 is 2.00 bits per heavy atom. The molecule has 9 heteroatoms. The first-order valence-corrected chi connectivity index (χ1v) is 10.3. The highest BCUT2D eigenvalue weighted by atomic mass is 35.5. The first kappa shape index (κ1) is 21.0. The summed E-state index contributed by atoms with van der Waals surface area (Å²) in [5, 5.41) is 6.47. The lowest BCUT2D eigenvalue weighted by Gasteiger charge is -2.38. The van der Waals surface area contributed by atoms with Crippen LogP contribution in [0.15, 0.2) is 54.9 Å². The van der Waals surface area contributed by atoms with Crippen molar-refractivity contribution in [2.75, 3.05) is 37.0 Å². The molecule has 0 unspecified atom stereocenters. The van der Waals surface area contributed by atoms with Crippen molar-refractivity contribution in [3.8, 4) is 0 Å². The van der Waals surface area contributed by atoms with Gasteiger partial charge in [0.25, 0.3) is 5.91 Å². The molecular weight excluding hydrogens is 416 g/mol. The Morgan fingerprint density at radius 3 is 2.77 bits per heavy atom. The Labute approximate surface area is 185 Å². The molecule has 1 aliphatic rings. The quantitative estimate of drug-likeness (QED) is 0.557. The number of amides is 1. The predicted molar refractivity (Wildman–Crippen MR) is 120 cm³/mol. The van der Waals surface area contributed by atoms with Crippen LogP contribution in [-0.4, -0.2) is 47.6 Å². The molecule has 31 heavy (non-hydrogen) atoms. The number of nitrogens with one attached hydrogen (secondary N) is 2. The van der Waals surface area contributed by atoms with Gasteiger partial charge in [0.1, 0.15) is 6.33 Å². The molecule has 1 aliphatic heterocycles. The Kier molecular flexibility index (Phi) is 6.59. The van der Waals surface area contributed by atoms with Gasteiger partial charge in [-0.15, -0.1) is 0 Å². The van der Waals surface area contributed by atoms with E-state index in [0.29, 0.717) is 36.6 Å². The standard InChI is InChI=1S/C22H23ClN6O2/c1-24-20(30)17-3-2-4-19(9-17)27-21-25-14-26-22(28-21)29-10-16(11-29)13-31-12-15-5-7-18(23)8-6-15/h2-9,14,16H,10-13H2,1H3,(H,24,30)(H,25,26,27,28). The van der Waals surface area contributed by atoms with Crippen LogP contribution in [0.2, 0.25) is 5.02 Å².